The lowest BCUT2D eigenvalue weighted by atomic mass is 9.99. The number of hydrogen-bond donors (Lipinski definition) is 3. The number of benzene rings is 1. The van der Waals surface area contributed by atoms with Crippen LogP contribution in [0.15, 0.2) is 82.4 Å². The molecular formula is C26H30N7+. The van der Waals surface area contributed by atoms with E-state index in [2.05, 4.69) is 51.5 Å². The van der Waals surface area contributed by atoms with Gasteiger partial charge in [-0.1, -0.05) is 44.2 Å². The van der Waals surface area contributed by atoms with E-state index in [1.54, 1.807) is 0 Å². The quantitative estimate of drug-likeness (QED) is 0.490. The third-order valence-corrected chi connectivity index (χ3v) is 5.64. The van der Waals surface area contributed by atoms with Crippen molar-refractivity contribution in [3.63, 3.8) is 0 Å². The highest BCUT2D eigenvalue weighted by Gasteiger charge is 2.17. The Bertz CT molecular complexity index is 1240. The summed E-state index contributed by atoms with van der Waals surface area (Å²) in [6.07, 6.45) is 6.96. The van der Waals surface area contributed by atoms with Crippen LogP contribution in [0, 0.1) is 5.92 Å². The number of hydrogen-bond acceptors (Lipinski definition) is 6. The average molecular weight is 441 g/mol. The zero-order valence-electron chi connectivity index (χ0n) is 19.3. The van der Waals surface area contributed by atoms with Gasteiger partial charge in [0.05, 0.1) is 16.6 Å². The van der Waals surface area contributed by atoms with E-state index in [1.807, 2.05) is 62.1 Å². The molecule has 0 amide bonds. The van der Waals surface area contributed by atoms with Gasteiger partial charge in [0.2, 0.25) is 0 Å². The second kappa shape index (κ2) is 10.2. The summed E-state index contributed by atoms with van der Waals surface area (Å²) in [5.41, 5.74) is 13.2. The van der Waals surface area contributed by atoms with E-state index in [1.165, 1.54) is 5.57 Å². The maximum Gasteiger partial charge on any atom is 0.171 e. The first-order chi connectivity index (χ1) is 16.0. The monoisotopic (exact) mass is 440 g/mol. The first-order valence-electron chi connectivity index (χ1n) is 11.2. The minimum absolute atomic E-state index is 0.122. The molecule has 3 aromatic rings. The first kappa shape index (κ1) is 22.3. The van der Waals surface area contributed by atoms with Crippen molar-refractivity contribution >= 4 is 28.6 Å². The summed E-state index contributed by atoms with van der Waals surface area (Å²) in [5, 5.41) is 11.9. The van der Waals surface area contributed by atoms with Gasteiger partial charge >= 0.3 is 0 Å². The number of pyridine rings is 2. The molecule has 4 rings (SSSR count). The number of nitrogens with two attached hydrogens (primary N) is 1. The molecule has 2 aromatic heterocycles. The molecule has 168 valence electrons. The van der Waals surface area contributed by atoms with Crippen LogP contribution in [0.4, 0.5) is 5.82 Å². The number of azo groups is 1. The SMILES string of the molecule is C[NH+]=CC(=C(N)Cc1ccccc1)c1cnc2ccc(NC3CC(C(C)C)=CN=N3)nc2c1. The Morgan fingerprint density at radius 3 is 2.76 bits per heavy atom. The van der Waals surface area contributed by atoms with Crippen molar-refractivity contribution < 1.29 is 4.99 Å². The predicted octanol–water partition coefficient (Wildman–Crippen LogP) is 3.46. The Morgan fingerprint density at radius 1 is 1.18 bits per heavy atom. The number of nitrogens with zero attached hydrogens (tertiary/aromatic N) is 4. The predicted molar refractivity (Wildman–Crippen MR) is 134 cm³/mol. The van der Waals surface area contributed by atoms with Gasteiger partial charge in [-0.2, -0.15) is 10.2 Å². The Balaban J connectivity index is 1.61. The lowest BCUT2D eigenvalue weighted by molar-refractivity contribution is -0.412. The molecule has 1 aromatic carbocycles. The van der Waals surface area contributed by atoms with E-state index in [0.717, 1.165) is 45.7 Å². The van der Waals surface area contributed by atoms with Gasteiger partial charge in [-0.3, -0.25) is 9.98 Å². The van der Waals surface area contributed by atoms with Crippen LogP contribution in [-0.4, -0.2) is 29.4 Å². The number of fused-ring (bicyclic) bond motifs is 1. The van der Waals surface area contributed by atoms with E-state index in [0.29, 0.717) is 12.3 Å². The molecule has 0 saturated carbocycles. The number of aromatic nitrogens is 2. The van der Waals surface area contributed by atoms with Crippen molar-refractivity contribution in [2.75, 3.05) is 12.4 Å². The van der Waals surface area contributed by atoms with Crippen molar-refractivity contribution in [2.45, 2.75) is 32.9 Å². The molecule has 1 aliphatic rings. The smallest absolute Gasteiger partial charge is 0.171 e. The van der Waals surface area contributed by atoms with Gasteiger partial charge in [0.1, 0.15) is 19.0 Å². The van der Waals surface area contributed by atoms with E-state index in [-0.39, 0.29) is 6.17 Å². The van der Waals surface area contributed by atoms with Crippen molar-refractivity contribution in [3.05, 3.63) is 83.3 Å². The summed E-state index contributed by atoms with van der Waals surface area (Å²) >= 11 is 0. The third-order valence-electron chi connectivity index (χ3n) is 5.64. The zero-order chi connectivity index (χ0) is 23.2. The molecule has 33 heavy (non-hydrogen) atoms. The van der Waals surface area contributed by atoms with Crippen LogP contribution in [0.2, 0.25) is 0 Å². The van der Waals surface area contributed by atoms with Crippen LogP contribution in [0.1, 0.15) is 31.4 Å². The van der Waals surface area contributed by atoms with E-state index in [4.69, 9.17) is 10.7 Å². The average Bonchev–Trinajstić information content (AvgIpc) is 2.83. The molecule has 1 unspecified atom stereocenters. The highest BCUT2D eigenvalue weighted by atomic mass is 15.2. The Labute approximate surface area is 194 Å². The van der Waals surface area contributed by atoms with Crippen LogP contribution in [0.5, 0.6) is 0 Å². The van der Waals surface area contributed by atoms with Crippen molar-refractivity contribution in [1.82, 2.24) is 9.97 Å². The summed E-state index contributed by atoms with van der Waals surface area (Å²) in [6, 6.07) is 16.1. The fourth-order valence-electron chi connectivity index (χ4n) is 3.79. The van der Waals surface area contributed by atoms with E-state index in [9.17, 15) is 0 Å². The van der Waals surface area contributed by atoms with Crippen LogP contribution >= 0.6 is 0 Å². The molecule has 0 saturated heterocycles. The van der Waals surface area contributed by atoms with Crippen LogP contribution < -0.4 is 16.0 Å². The minimum Gasteiger partial charge on any atom is -0.401 e. The molecule has 0 aliphatic carbocycles. The molecule has 0 spiro atoms. The van der Waals surface area contributed by atoms with Gasteiger partial charge in [0.25, 0.3) is 0 Å². The number of anilines is 1. The fourth-order valence-corrected chi connectivity index (χ4v) is 3.79. The Morgan fingerprint density at radius 2 is 2.00 bits per heavy atom. The standard InChI is InChI=1S/C26H29N7/c1-17(2)19-13-26(33-30-15-19)32-25-10-9-23-24(31-25)12-20(14-29-23)21(16-28-3)22(27)11-18-7-5-4-6-8-18/h4-10,12,14-17,26H,11,13,27H2,1-3H3,(H,31,32)/p+1. The van der Waals surface area contributed by atoms with Crippen molar-refractivity contribution in [3.8, 4) is 0 Å². The molecule has 0 bridgehead atoms. The summed E-state index contributed by atoms with van der Waals surface area (Å²) < 4.78 is 0. The molecule has 1 atom stereocenters. The Kier molecular flexibility index (Phi) is 6.88. The number of allylic oxidation sites excluding steroid dienone is 2. The highest BCUT2D eigenvalue weighted by molar-refractivity contribution is 6.08. The molecule has 7 heteroatoms. The number of rotatable bonds is 7. The molecule has 1 aliphatic heterocycles. The highest BCUT2D eigenvalue weighted by Crippen LogP contribution is 2.25. The minimum atomic E-state index is -0.122. The zero-order valence-corrected chi connectivity index (χ0v) is 19.3. The van der Waals surface area contributed by atoms with Crippen molar-refractivity contribution in [1.29, 1.82) is 0 Å². The second-order valence-electron chi connectivity index (χ2n) is 8.45. The van der Waals surface area contributed by atoms with Gasteiger partial charge in [0.15, 0.2) is 6.21 Å². The Hall–Kier alpha value is -3.87. The second-order valence-corrected chi connectivity index (χ2v) is 8.45. The molecular weight excluding hydrogens is 410 g/mol. The first-order valence-corrected chi connectivity index (χ1v) is 11.2. The lowest BCUT2D eigenvalue weighted by Crippen LogP contribution is -2.63. The van der Waals surface area contributed by atoms with E-state index < -0.39 is 0 Å². The summed E-state index contributed by atoms with van der Waals surface area (Å²) in [4.78, 5) is 12.5. The van der Waals surface area contributed by atoms with Crippen LogP contribution in [-0.2, 0) is 6.42 Å². The van der Waals surface area contributed by atoms with Crippen LogP contribution in [0.25, 0.3) is 16.6 Å². The van der Waals surface area contributed by atoms with Gasteiger partial charge < -0.3 is 11.1 Å². The molecule has 0 radical (unpaired) electrons. The topological polar surface area (TPSA) is 103 Å². The summed E-state index contributed by atoms with van der Waals surface area (Å²) in [7, 11) is 1.86. The maximum atomic E-state index is 6.52. The van der Waals surface area contributed by atoms with E-state index >= 15 is 0 Å². The maximum absolute atomic E-state index is 6.52. The molecule has 7 nitrogen and oxygen atoms in total. The fraction of sp³-hybridized carbons (Fsp3) is 0.269. The third kappa shape index (κ3) is 5.49. The van der Waals surface area contributed by atoms with Crippen LogP contribution in [0.3, 0.4) is 0 Å². The van der Waals surface area contributed by atoms with Crippen molar-refractivity contribution in [2.24, 2.45) is 21.9 Å². The van der Waals surface area contributed by atoms with Gasteiger partial charge in [-0.25, -0.2) is 4.98 Å². The van der Waals surface area contributed by atoms with Gasteiger partial charge in [0, 0.05) is 36.5 Å². The normalized spacial score (nSPS) is 16.8. The molecule has 3 heterocycles. The van der Waals surface area contributed by atoms with Gasteiger partial charge in [-0.15, -0.1) is 0 Å². The molecule has 0 fully saturated rings. The largest absolute Gasteiger partial charge is 0.401 e. The molecule has 4 N–H and O–H groups in total. The van der Waals surface area contributed by atoms with Gasteiger partial charge in [-0.05, 0) is 35.3 Å². The lowest BCUT2D eigenvalue weighted by Gasteiger charge is -2.20. The summed E-state index contributed by atoms with van der Waals surface area (Å²) in [6.45, 7) is 4.34. The summed E-state index contributed by atoms with van der Waals surface area (Å²) in [5.74, 6) is 1.19. The number of nitrogens with one attached hydrogen (secondary N) is 2.